The lowest BCUT2D eigenvalue weighted by Gasteiger charge is -2.04. The van der Waals surface area contributed by atoms with Gasteiger partial charge in [-0.2, -0.15) is 0 Å². The molecule has 4 heteroatoms. The fourth-order valence-electron chi connectivity index (χ4n) is 1.20. The Morgan fingerprint density at radius 1 is 1.27 bits per heavy atom. The van der Waals surface area contributed by atoms with E-state index < -0.39 is 0 Å². The third-order valence-electron chi connectivity index (χ3n) is 1.96. The van der Waals surface area contributed by atoms with Crippen molar-refractivity contribution in [1.29, 1.82) is 0 Å². The molecule has 0 aliphatic rings. The molecule has 1 rings (SSSR count). The minimum atomic E-state index is 0.102. The van der Waals surface area contributed by atoms with Gasteiger partial charge in [-0.1, -0.05) is 0 Å². The number of ether oxygens (including phenoxy) is 1. The van der Waals surface area contributed by atoms with Crippen LogP contribution in [0.4, 0.5) is 0 Å². The summed E-state index contributed by atoms with van der Waals surface area (Å²) in [5.74, 6) is 0. The van der Waals surface area contributed by atoms with Gasteiger partial charge in [0.1, 0.15) is 0 Å². The topological polar surface area (TPSA) is 54.4 Å². The van der Waals surface area contributed by atoms with Gasteiger partial charge >= 0.3 is 0 Å². The number of aliphatic hydroxyl groups excluding tert-OH is 1. The van der Waals surface area contributed by atoms with Crippen LogP contribution in [-0.2, 0) is 11.3 Å². The summed E-state index contributed by atoms with van der Waals surface area (Å²) in [5.41, 5.74) is 1.24. The summed E-state index contributed by atoms with van der Waals surface area (Å²) in [6.45, 7) is 3.02. The normalized spacial score (nSPS) is 10.5. The highest BCUT2D eigenvalue weighted by molar-refractivity contribution is 5.08. The third-order valence-corrected chi connectivity index (χ3v) is 1.96. The van der Waals surface area contributed by atoms with E-state index in [0.29, 0.717) is 13.2 Å². The molecule has 0 unspecified atom stereocenters. The van der Waals surface area contributed by atoms with Gasteiger partial charge in [0, 0.05) is 25.5 Å². The van der Waals surface area contributed by atoms with E-state index in [-0.39, 0.29) is 6.61 Å². The van der Waals surface area contributed by atoms with Crippen LogP contribution in [0.3, 0.4) is 0 Å². The Morgan fingerprint density at radius 2 is 2.07 bits per heavy atom. The molecule has 0 radical (unpaired) electrons. The maximum absolute atomic E-state index is 8.47. The van der Waals surface area contributed by atoms with E-state index in [9.17, 15) is 0 Å². The molecule has 2 N–H and O–H groups in total. The van der Waals surface area contributed by atoms with E-state index >= 15 is 0 Å². The van der Waals surface area contributed by atoms with Gasteiger partial charge < -0.3 is 15.2 Å². The predicted octanol–water partition coefficient (Wildman–Crippen LogP) is 0.570. The number of hydrogen-bond donors (Lipinski definition) is 2. The fourth-order valence-corrected chi connectivity index (χ4v) is 1.20. The average Bonchev–Trinajstić information content (AvgIpc) is 2.29. The van der Waals surface area contributed by atoms with Crippen LogP contribution in [-0.4, -0.2) is 36.5 Å². The van der Waals surface area contributed by atoms with Gasteiger partial charge in [0.2, 0.25) is 0 Å². The number of pyridine rings is 1. The molecule has 0 spiro atoms. The lowest BCUT2D eigenvalue weighted by molar-refractivity contribution is 0.0907. The van der Waals surface area contributed by atoms with E-state index in [2.05, 4.69) is 10.3 Å². The molecule has 1 heterocycles. The number of aromatic nitrogens is 1. The maximum atomic E-state index is 8.47. The first-order valence-corrected chi connectivity index (χ1v) is 5.21. The van der Waals surface area contributed by atoms with E-state index in [1.165, 1.54) is 5.56 Å². The predicted molar refractivity (Wildman–Crippen MR) is 58.5 cm³/mol. The molecule has 15 heavy (non-hydrogen) atoms. The van der Waals surface area contributed by atoms with Crippen LogP contribution in [0.5, 0.6) is 0 Å². The Hall–Kier alpha value is -0.970. The highest BCUT2D eigenvalue weighted by Crippen LogP contribution is 1.94. The molecule has 84 valence electrons. The molecule has 0 fully saturated rings. The molecular formula is C11H18N2O2. The van der Waals surface area contributed by atoms with Crippen LogP contribution < -0.4 is 5.32 Å². The van der Waals surface area contributed by atoms with Crippen LogP contribution >= 0.6 is 0 Å². The maximum Gasteiger partial charge on any atom is 0.0697 e. The Labute approximate surface area is 90.3 Å². The zero-order valence-electron chi connectivity index (χ0n) is 8.85. The second kappa shape index (κ2) is 8.35. The standard InChI is InChI=1S/C11H18N2O2/c14-7-9-15-8-1-4-13-10-11-2-5-12-6-3-11/h2-3,5-6,13-14H,1,4,7-10H2. The first-order valence-electron chi connectivity index (χ1n) is 5.21. The van der Waals surface area contributed by atoms with Crippen molar-refractivity contribution in [3.05, 3.63) is 30.1 Å². The largest absolute Gasteiger partial charge is 0.394 e. The first kappa shape index (κ1) is 12.1. The Morgan fingerprint density at radius 3 is 2.80 bits per heavy atom. The Balaban J connectivity index is 1.93. The molecule has 0 bridgehead atoms. The van der Waals surface area contributed by atoms with Crippen molar-refractivity contribution in [2.75, 3.05) is 26.4 Å². The van der Waals surface area contributed by atoms with Crippen LogP contribution in [0.25, 0.3) is 0 Å². The molecule has 1 aromatic rings. The highest BCUT2D eigenvalue weighted by Gasteiger charge is 1.91. The lowest BCUT2D eigenvalue weighted by atomic mass is 10.3. The van der Waals surface area contributed by atoms with E-state index in [1.807, 2.05) is 12.1 Å². The number of hydrogen-bond acceptors (Lipinski definition) is 4. The zero-order chi connectivity index (χ0) is 10.8. The number of nitrogens with one attached hydrogen (secondary N) is 1. The molecule has 0 atom stereocenters. The van der Waals surface area contributed by atoms with Crippen molar-refractivity contribution >= 4 is 0 Å². The summed E-state index contributed by atoms with van der Waals surface area (Å²) in [6.07, 6.45) is 4.55. The van der Waals surface area contributed by atoms with Gasteiger partial charge in [0.25, 0.3) is 0 Å². The van der Waals surface area contributed by atoms with Crippen molar-refractivity contribution in [1.82, 2.24) is 10.3 Å². The molecule has 0 amide bonds. The second-order valence-electron chi connectivity index (χ2n) is 3.22. The van der Waals surface area contributed by atoms with E-state index in [1.54, 1.807) is 12.4 Å². The molecule has 0 saturated carbocycles. The first-order chi connectivity index (χ1) is 7.43. The van der Waals surface area contributed by atoms with Crippen LogP contribution in [0.1, 0.15) is 12.0 Å². The summed E-state index contributed by atoms with van der Waals surface area (Å²) in [6, 6.07) is 3.99. The average molecular weight is 210 g/mol. The van der Waals surface area contributed by atoms with Crippen LogP contribution in [0, 0.1) is 0 Å². The van der Waals surface area contributed by atoms with Gasteiger partial charge in [0.15, 0.2) is 0 Å². The van der Waals surface area contributed by atoms with Crippen molar-refractivity contribution in [3.63, 3.8) is 0 Å². The summed E-state index contributed by atoms with van der Waals surface area (Å²) in [5, 5.41) is 11.8. The van der Waals surface area contributed by atoms with Gasteiger partial charge in [-0.05, 0) is 30.7 Å². The molecule has 4 nitrogen and oxygen atoms in total. The minimum Gasteiger partial charge on any atom is -0.394 e. The molecule has 0 aromatic carbocycles. The van der Waals surface area contributed by atoms with Crippen molar-refractivity contribution in [3.8, 4) is 0 Å². The monoisotopic (exact) mass is 210 g/mol. The van der Waals surface area contributed by atoms with E-state index in [4.69, 9.17) is 9.84 Å². The molecule has 0 aliphatic heterocycles. The second-order valence-corrected chi connectivity index (χ2v) is 3.22. The summed E-state index contributed by atoms with van der Waals surface area (Å²) in [7, 11) is 0. The van der Waals surface area contributed by atoms with Crippen molar-refractivity contribution in [2.24, 2.45) is 0 Å². The van der Waals surface area contributed by atoms with Crippen molar-refractivity contribution in [2.45, 2.75) is 13.0 Å². The molecular weight excluding hydrogens is 192 g/mol. The SMILES string of the molecule is OCCOCCCNCc1ccncc1. The highest BCUT2D eigenvalue weighted by atomic mass is 16.5. The zero-order valence-corrected chi connectivity index (χ0v) is 8.85. The molecule has 1 aromatic heterocycles. The molecule has 0 saturated heterocycles. The summed E-state index contributed by atoms with van der Waals surface area (Å²) >= 11 is 0. The van der Waals surface area contributed by atoms with Crippen LogP contribution in [0.2, 0.25) is 0 Å². The minimum absolute atomic E-state index is 0.102. The van der Waals surface area contributed by atoms with E-state index in [0.717, 1.165) is 19.5 Å². The smallest absolute Gasteiger partial charge is 0.0697 e. The summed E-state index contributed by atoms with van der Waals surface area (Å²) in [4.78, 5) is 3.95. The number of nitrogens with zero attached hydrogens (tertiary/aromatic N) is 1. The third kappa shape index (κ3) is 6.17. The van der Waals surface area contributed by atoms with Gasteiger partial charge in [-0.25, -0.2) is 0 Å². The molecule has 0 aliphatic carbocycles. The fraction of sp³-hybridized carbons (Fsp3) is 0.545. The lowest BCUT2D eigenvalue weighted by Crippen LogP contribution is -2.16. The number of aliphatic hydroxyl groups is 1. The number of rotatable bonds is 8. The Bertz CT molecular complexity index is 242. The quantitative estimate of drug-likeness (QED) is 0.616. The van der Waals surface area contributed by atoms with Crippen LogP contribution in [0.15, 0.2) is 24.5 Å². The van der Waals surface area contributed by atoms with Crippen molar-refractivity contribution < 1.29 is 9.84 Å². The Kier molecular flexibility index (Phi) is 6.73. The van der Waals surface area contributed by atoms with Gasteiger partial charge in [0.05, 0.1) is 13.2 Å². The van der Waals surface area contributed by atoms with Gasteiger partial charge in [-0.15, -0.1) is 0 Å². The van der Waals surface area contributed by atoms with Gasteiger partial charge in [-0.3, -0.25) is 4.98 Å². The summed E-state index contributed by atoms with van der Waals surface area (Å²) < 4.78 is 5.14.